The quantitative estimate of drug-likeness (QED) is 0.657. The van der Waals surface area contributed by atoms with Gasteiger partial charge in [0.2, 0.25) is 0 Å². The molecule has 2 aromatic carbocycles. The normalized spacial score (nSPS) is 15.3. The molecule has 0 atom stereocenters. The number of fused-ring (bicyclic) bond motifs is 1. The lowest BCUT2D eigenvalue weighted by Gasteiger charge is -2.13. The van der Waals surface area contributed by atoms with Crippen LogP contribution in [0.5, 0.6) is 0 Å². The number of amides is 3. The van der Waals surface area contributed by atoms with Crippen molar-refractivity contribution in [1.82, 2.24) is 15.2 Å². The number of benzene rings is 2. The van der Waals surface area contributed by atoms with Crippen LogP contribution in [0.2, 0.25) is 0 Å². The van der Waals surface area contributed by atoms with E-state index in [0.717, 1.165) is 33.1 Å². The lowest BCUT2D eigenvalue weighted by molar-refractivity contribution is -0.122. The molecule has 0 aliphatic carbocycles. The summed E-state index contributed by atoms with van der Waals surface area (Å²) in [6.07, 6.45) is 1.70. The van der Waals surface area contributed by atoms with Gasteiger partial charge in [0.15, 0.2) is 0 Å². The molecule has 144 valence electrons. The molecule has 0 unspecified atom stereocenters. The molecule has 1 aromatic heterocycles. The van der Waals surface area contributed by atoms with Crippen molar-refractivity contribution >= 4 is 45.8 Å². The van der Waals surface area contributed by atoms with Crippen LogP contribution < -0.4 is 5.32 Å². The van der Waals surface area contributed by atoms with Crippen LogP contribution in [0.3, 0.4) is 0 Å². The molecule has 0 saturated carbocycles. The monoisotopic (exact) mass is 403 g/mol. The van der Waals surface area contributed by atoms with Crippen LogP contribution in [0, 0.1) is 0 Å². The first-order valence-corrected chi connectivity index (χ1v) is 9.88. The van der Waals surface area contributed by atoms with Crippen LogP contribution in [-0.4, -0.2) is 40.0 Å². The van der Waals surface area contributed by atoms with Crippen LogP contribution in [0.25, 0.3) is 17.0 Å². The Morgan fingerprint density at radius 2 is 1.76 bits per heavy atom. The van der Waals surface area contributed by atoms with Gasteiger partial charge in [0.05, 0.1) is 10.4 Å². The summed E-state index contributed by atoms with van der Waals surface area (Å²) < 4.78 is 0. The second kappa shape index (κ2) is 8.28. The third-order valence-electron chi connectivity index (χ3n) is 4.42. The van der Waals surface area contributed by atoms with E-state index in [-0.39, 0.29) is 30.1 Å². The van der Waals surface area contributed by atoms with Crippen LogP contribution in [0.4, 0.5) is 4.79 Å². The van der Waals surface area contributed by atoms with Crippen molar-refractivity contribution in [3.8, 4) is 0 Å². The first-order valence-electron chi connectivity index (χ1n) is 9.06. The third-order valence-corrected chi connectivity index (χ3v) is 5.33. The SMILES string of the molecule is O=C(NCCN1C(=O)S/C(=C\c2ccccc2)C1=O)c1ccc2ccccc2n1. The summed E-state index contributed by atoms with van der Waals surface area (Å²) in [5.41, 5.74) is 1.88. The van der Waals surface area contributed by atoms with Crippen molar-refractivity contribution in [1.29, 1.82) is 0 Å². The van der Waals surface area contributed by atoms with Crippen molar-refractivity contribution in [2.45, 2.75) is 0 Å². The van der Waals surface area contributed by atoms with E-state index in [4.69, 9.17) is 0 Å². The second-order valence-corrected chi connectivity index (χ2v) is 7.38. The van der Waals surface area contributed by atoms with Crippen molar-refractivity contribution in [2.24, 2.45) is 0 Å². The Morgan fingerprint density at radius 3 is 2.59 bits per heavy atom. The minimum absolute atomic E-state index is 0.107. The minimum Gasteiger partial charge on any atom is -0.349 e. The first-order chi connectivity index (χ1) is 14.1. The van der Waals surface area contributed by atoms with Gasteiger partial charge in [-0.05, 0) is 35.5 Å². The van der Waals surface area contributed by atoms with Gasteiger partial charge >= 0.3 is 0 Å². The smallest absolute Gasteiger partial charge is 0.293 e. The Morgan fingerprint density at radius 1 is 1.00 bits per heavy atom. The fraction of sp³-hybridized carbons (Fsp3) is 0.0909. The molecule has 3 aromatic rings. The van der Waals surface area contributed by atoms with Gasteiger partial charge in [-0.25, -0.2) is 4.98 Å². The maximum absolute atomic E-state index is 12.5. The lowest BCUT2D eigenvalue weighted by Crippen LogP contribution is -2.37. The number of hydrogen-bond acceptors (Lipinski definition) is 5. The highest BCUT2D eigenvalue weighted by Crippen LogP contribution is 2.31. The minimum atomic E-state index is -0.345. The van der Waals surface area contributed by atoms with Crippen LogP contribution in [0.1, 0.15) is 16.1 Å². The highest BCUT2D eigenvalue weighted by atomic mass is 32.2. The molecule has 2 heterocycles. The van der Waals surface area contributed by atoms with Gasteiger partial charge < -0.3 is 5.32 Å². The van der Waals surface area contributed by atoms with Gasteiger partial charge in [-0.2, -0.15) is 0 Å². The molecular weight excluding hydrogens is 386 g/mol. The third kappa shape index (κ3) is 4.20. The summed E-state index contributed by atoms with van der Waals surface area (Å²) in [6.45, 7) is 0.264. The predicted octanol–water partition coefficient (Wildman–Crippen LogP) is 3.70. The number of nitrogens with one attached hydrogen (secondary N) is 1. The average Bonchev–Trinajstić information content (AvgIpc) is 3.01. The number of hydrogen-bond donors (Lipinski definition) is 1. The molecule has 0 bridgehead atoms. The second-order valence-electron chi connectivity index (χ2n) is 6.39. The number of nitrogens with zero attached hydrogens (tertiary/aromatic N) is 2. The lowest BCUT2D eigenvalue weighted by atomic mass is 10.2. The van der Waals surface area contributed by atoms with Crippen molar-refractivity contribution in [3.63, 3.8) is 0 Å². The molecule has 0 spiro atoms. The fourth-order valence-corrected chi connectivity index (χ4v) is 3.82. The maximum atomic E-state index is 12.5. The molecule has 1 saturated heterocycles. The summed E-state index contributed by atoms with van der Waals surface area (Å²) in [4.78, 5) is 42.9. The van der Waals surface area contributed by atoms with E-state index >= 15 is 0 Å². The number of imide groups is 1. The average molecular weight is 403 g/mol. The molecule has 1 N–H and O–H groups in total. The van der Waals surface area contributed by atoms with Gasteiger partial charge in [0, 0.05) is 18.5 Å². The Bertz CT molecular complexity index is 1130. The van der Waals surface area contributed by atoms with Crippen molar-refractivity contribution < 1.29 is 14.4 Å². The summed E-state index contributed by atoms with van der Waals surface area (Å²) in [5.74, 6) is -0.690. The largest absolute Gasteiger partial charge is 0.349 e. The van der Waals surface area contributed by atoms with E-state index in [9.17, 15) is 14.4 Å². The van der Waals surface area contributed by atoms with Gasteiger partial charge in [0.25, 0.3) is 17.1 Å². The number of pyridine rings is 1. The van der Waals surface area contributed by atoms with E-state index < -0.39 is 0 Å². The summed E-state index contributed by atoms with van der Waals surface area (Å²) >= 11 is 0.907. The molecule has 7 heteroatoms. The maximum Gasteiger partial charge on any atom is 0.293 e. The highest BCUT2D eigenvalue weighted by Gasteiger charge is 2.34. The zero-order valence-corrected chi connectivity index (χ0v) is 16.2. The highest BCUT2D eigenvalue weighted by molar-refractivity contribution is 8.18. The number of para-hydroxylation sites is 1. The van der Waals surface area contributed by atoms with Gasteiger partial charge in [-0.3, -0.25) is 19.3 Å². The van der Waals surface area contributed by atoms with E-state index in [2.05, 4.69) is 10.3 Å². The van der Waals surface area contributed by atoms with E-state index in [1.807, 2.05) is 60.7 Å². The molecule has 3 amide bonds. The van der Waals surface area contributed by atoms with Crippen molar-refractivity contribution in [2.75, 3.05) is 13.1 Å². The first kappa shape index (κ1) is 18.9. The van der Waals surface area contributed by atoms with Crippen molar-refractivity contribution in [3.05, 3.63) is 82.9 Å². The standard InChI is InChI=1S/C22H17N3O3S/c26-20(18-11-10-16-8-4-5-9-17(16)24-18)23-12-13-25-21(27)19(29-22(25)28)14-15-6-2-1-3-7-15/h1-11,14H,12-13H2,(H,23,26)/b19-14-. The van der Waals surface area contributed by atoms with Gasteiger partial charge in [-0.1, -0.05) is 54.6 Å². The predicted molar refractivity (Wildman–Crippen MR) is 113 cm³/mol. The van der Waals surface area contributed by atoms with Crippen LogP contribution in [0.15, 0.2) is 71.6 Å². The summed E-state index contributed by atoms with van der Waals surface area (Å²) in [6, 6.07) is 20.4. The molecule has 1 aliphatic heterocycles. The number of carbonyl (C=O) groups excluding carboxylic acids is 3. The molecule has 6 nitrogen and oxygen atoms in total. The Kier molecular flexibility index (Phi) is 5.39. The van der Waals surface area contributed by atoms with Gasteiger partial charge in [0.1, 0.15) is 5.69 Å². The Hall–Kier alpha value is -3.45. The number of rotatable bonds is 5. The van der Waals surface area contributed by atoms with Crippen LogP contribution in [-0.2, 0) is 4.79 Å². The van der Waals surface area contributed by atoms with E-state index in [0.29, 0.717) is 10.6 Å². The number of aromatic nitrogens is 1. The molecule has 0 radical (unpaired) electrons. The topological polar surface area (TPSA) is 79.4 Å². The zero-order chi connectivity index (χ0) is 20.2. The molecule has 29 heavy (non-hydrogen) atoms. The molecule has 1 aliphatic rings. The molecule has 1 fully saturated rings. The Balaban J connectivity index is 1.37. The van der Waals surface area contributed by atoms with E-state index in [1.165, 1.54) is 0 Å². The van der Waals surface area contributed by atoms with Crippen LogP contribution >= 0.6 is 11.8 Å². The fourth-order valence-electron chi connectivity index (χ4n) is 2.96. The zero-order valence-electron chi connectivity index (χ0n) is 15.4. The summed E-state index contributed by atoms with van der Waals surface area (Å²) in [5, 5.41) is 3.33. The molecule has 4 rings (SSSR count). The number of thioether (sulfide) groups is 1. The summed E-state index contributed by atoms with van der Waals surface area (Å²) in [7, 11) is 0. The van der Waals surface area contributed by atoms with Gasteiger partial charge in [-0.15, -0.1) is 0 Å². The Labute approximate surface area is 171 Å². The van der Waals surface area contributed by atoms with E-state index in [1.54, 1.807) is 12.1 Å². The molecular formula is C22H17N3O3S. The number of carbonyl (C=O) groups is 3.